The molecule has 3 rings (SSSR count). The number of halogens is 1. The fourth-order valence-corrected chi connectivity index (χ4v) is 4.93. The number of rotatable bonds is 5. The Labute approximate surface area is 177 Å². The van der Waals surface area contributed by atoms with E-state index in [1.807, 2.05) is 31.7 Å². The molecule has 6 nitrogen and oxygen atoms in total. The molecule has 0 spiro atoms. The van der Waals surface area contributed by atoms with Gasteiger partial charge in [-0.25, -0.2) is 8.42 Å². The van der Waals surface area contributed by atoms with Gasteiger partial charge in [-0.2, -0.15) is 4.31 Å². The first-order valence-corrected chi connectivity index (χ1v) is 11.4. The van der Waals surface area contributed by atoms with Crippen molar-refractivity contribution in [3.8, 4) is 0 Å². The van der Waals surface area contributed by atoms with Gasteiger partial charge in [-0.15, -0.1) is 0 Å². The fraction of sp³-hybridized carbons (Fsp3) is 0.381. The third-order valence-corrected chi connectivity index (χ3v) is 7.57. The molecule has 2 aromatic rings. The van der Waals surface area contributed by atoms with E-state index in [0.29, 0.717) is 41.8 Å². The number of carbonyl (C=O) groups excluding carboxylic acids is 1. The van der Waals surface area contributed by atoms with E-state index in [-0.39, 0.29) is 11.9 Å². The molecule has 1 heterocycles. The number of aryl methyl sites for hydroxylation is 2. The number of amides is 1. The zero-order valence-corrected chi connectivity index (χ0v) is 18.4. The van der Waals surface area contributed by atoms with Gasteiger partial charge in [0.05, 0.1) is 10.9 Å². The van der Waals surface area contributed by atoms with Crippen LogP contribution >= 0.6 is 11.6 Å². The summed E-state index contributed by atoms with van der Waals surface area (Å²) in [4.78, 5) is 14.9. The van der Waals surface area contributed by atoms with E-state index in [0.717, 1.165) is 11.1 Å². The summed E-state index contributed by atoms with van der Waals surface area (Å²) in [7, 11) is -3.53. The Bertz CT molecular complexity index is 985. The number of benzene rings is 2. The third kappa shape index (κ3) is 4.98. The first-order chi connectivity index (χ1) is 13.7. The Kier molecular flexibility index (Phi) is 6.63. The SMILES string of the molecule is Cc1ccc(S(=O)(=O)N2CCN([C@H](C)C(=O)Nc3ccc(Cl)cc3)CC2)cc1C. The van der Waals surface area contributed by atoms with Crippen molar-refractivity contribution in [1.29, 1.82) is 0 Å². The Morgan fingerprint density at radius 2 is 1.62 bits per heavy atom. The molecule has 0 aromatic heterocycles. The normalized spacial score (nSPS) is 17.1. The second-order valence-corrected chi connectivity index (χ2v) is 9.73. The molecule has 0 aliphatic carbocycles. The van der Waals surface area contributed by atoms with E-state index in [1.165, 1.54) is 4.31 Å². The van der Waals surface area contributed by atoms with E-state index >= 15 is 0 Å². The lowest BCUT2D eigenvalue weighted by Gasteiger charge is -2.36. The minimum absolute atomic E-state index is 0.127. The van der Waals surface area contributed by atoms with Gasteiger partial charge in [0, 0.05) is 36.9 Å². The first kappa shape index (κ1) is 21.8. The standard InChI is InChI=1S/C21H26ClN3O3S/c1-15-4-9-20(14-16(15)2)29(27,28)25-12-10-24(11-13-25)17(3)21(26)23-19-7-5-18(22)6-8-19/h4-9,14,17H,10-13H2,1-3H3,(H,23,26)/t17-/m1/s1. The van der Waals surface area contributed by atoms with Crippen molar-refractivity contribution in [2.24, 2.45) is 0 Å². The molecule has 0 unspecified atom stereocenters. The number of anilines is 1. The van der Waals surface area contributed by atoms with E-state index in [4.69, 9.17) is 11.6 Å². The minimum atomic E-state index is -3.53. The Morgan fingerprint density at radius 3 is 2.21 bits per heavy atom. The van der Waals surface area contributed by atoms with Crippen molar-refractivity contribution >= 4 is 33.2 Å². The van der Waals surface area contributed by atoms with Gasteiger partial charge >= 0.3 is 0 Å². The van der Waals surface area contributed by atoms with Crippen LogP contribution in [0.4, 0.5) is 5.69 Å². The molecule has 1 amide bonds. The second-order valence-electron chi connectivity index (χ2n) is 7.36. The van der Waals surface area contributed by atoms with Crippen LogP contribution in [0.15, 0.2) is 47.4 Å². The van der Waals surface area contributed by atoms with Crippen LogP contribution < -0.4 is 5.32 Å². The molecule has 1 atom stereocenters. The summed E-state index contributed by atoms with van der Waals surface area (Å²) in [6.07, 6.45) is 0. The monoisotopic (exact) mass is 435 g/mol. The van der Waals surface area contributed by atoms with Crippen LogP contribution in [0.25, 0.3) is 0 Å². The van der Waals surface area contributed by atoms with Crippen molar-refractivity contribution in [3.63, 3.8) is 0 Å². The lowest BCUT2D eigenvalue weighted by molar-refractivity contribution is -0.121. The summed E-state index contributed by atoms with van der Waals surface area (Å²) >= 11 is 5.87. The Balaban J connectivity index is 1.61. The predicted molar refractivity (Wildman–Crippen MR) is 116 cm³/mol. The van der Waals surface area contributed by atoms with Crippen LogP contribution in [-0.4, -0.2) is 55.8 Å². The quantitative estimate of drug-likeness (QED) is 0.782. The van der Waals surface area contributed by atoms with Gasteiger partial charge in [-0.3, -0.25) is 9.69 Å². The summed E-state index contributed by atoms with van der Waals surface area (Å²) < 4.78 is 27.4. The number of nitrogens with one attached hydrogen (secondary N) is 1. The summed E-state index contributed by atoms with van der Waals surface area (Å²) in [5.74, 6) is -0.127. The summed E-state index contributed by atoms with van der Waals surface area (Å²) in [5.41, 5.74) is 2.70. The van der Waals surface area contributed by atoms with Gasteiger partial charge in [0.2, 0.25) is 15.9 Å². The van der Waals surface area contributed by atoms with Gasteiger partial charge in [0.1, 0.15) is 0 Å². The van der Waals surface area contributed by atoms with Gasteiger partial charge in [-0.05, 0) is 68.3 Å². The molecule has 156 valence electrons. The zero-order valence-electron chi connectivity index (χ0n) is 16.9. The predicted octanol–water partition coefficient (Wildman–Crippen LogP) is 3.29. The molecular weight excluding hydrogens is 410 g/mol. The number of carbonyl (C=O) groups is 1. The molecule has 0 radical (unpaired) electrons. The Morgan fingerprint density at radius 1 is 1.00 bits per heavy atom. The highest BCUT2D eigenvalue weighted by molar-refractivity contribution is 7.89. The van der Waals surface area contributed by atoms with Crippen molar-refractivity contribution in [3.05, 3.63) is 58.6 Å². The number of sulfonamides is 1. The zero-order chi connectivity index (χ0) is 21.2. The van der Waals surface area contributed by atoms with Crippen molar-refractivity contribution < 1.29 is 13.2 Å². The minimum Gasteiger partial charge on any atom is -0.325 e. The van der Waals surface area contributed by atoms with Crippen molar-refractivity contribution in [2.75, 3.05) is 31.5 Å². The summed E-state index contributed by atoms with van der Waals surface area (Å²) in [6, 6.07) is 11.8. The lowest BCUT2D eigenvalue weighted by atomic mass is 10.1. The van der Waals surface area contributed by atoms with Gasteiger partial charge in [0.15, 0.2) is 0 Å². The average Bonchev–Trinajstić information content (AvgIpc) is 2.71. The molecule has 1 saturated heterocycles. The van der Waals surface area contributed by atoms with Gasteiger partial charge < -0.3 is 5.32 Å². The maximum atomic E-state index is 12.9. The van der Waals surface area contributed by atoms with Gasteiger partial charge in [-0.1, -0.05) is 17.7 Å². The molecule has 29 heavy (non-hydrogen) atoms. The van der Waals surface area contributed by atoms with Crippen molar-refractivity contribution in [1.82, 2.24) is 9.21 Å². The summed E-state index contributed by atoms with van der Waals surface area (Å²) in [6.45, 7) is 7.41. The number of hydrogen-bond acceptors (Lipinski definition) is 4. The molecular formula is C21H26ClN3O3S. The van der Waals surface area contributed by atoms with Crippen LogP contribution in [-0.2, 0) is 14.8 Å². The van der Waals surface area contributed by atoms with Gasteiger partial charge in [0.25, 0.3) is 0 Å². The third-order valence-electron chi connectivity index (χ3n) is 5.43. The van der Waals surface area contributed by atoms with E-state index < -0.39 is 10.0 Å². The second kappa shape index (κ2) is 8.83. The smallest absolute Gasteiger partial charge is 0.243 e. The first-order valence-electron chi connectivity index (χ1n) is 9.56. The topological polar surface area (TPSA) is 69.7 Å². The lowest BCUT2D eigenvalue weighted by Crippen LogP contribution is -2.53. The molecule has 1 aliphatic heterocycles. The van der Waals surface area contributed by atoms with E-state index in [1.54, 1.807) is 36.4 Å². The largest absolute Gasteiger partial charge is 0.325 e. The maximum Gasteiger partial charge on any atom is 0.243 e. The van der Waals surface area contributed by atoms with Crippen LogP contribution in [0.1, 0.15) is 18.1 Å². The highest BCUT2D eigenvalue weighted by atomic mass is 35.5. The van der Waals surface area contributed by atoms with Crippen LogP contribution in [0.5, 0.6) is 0 Å². The van der Waals surface area contributed by atoms with Crippen molar-refractivity contribution in [2.45, 2.75) is 31.7 Å². The number of hydrogen-bond donors (Lipinski definition) is 1. The maximum absolute atomic E-state index is 12.9. The highest BCUT2D eigenvalue weighted by Crippen LogP contribution is 2.21. The number of nitrogens with zero attached hydrogens (tertiary/aromatic N) is 2. The molecule has 0 bridgehead atoms. The molecule has 1 aliphatic rings. The average molecular weight is 436 g/mol. The summed E-state index contributed by atoms with van der Waals surface area (Å²) in [5, 5.41) is 3.48. The molecule has 0 saturated carbocycles. The molecule has 8 heteroatoms. The molecule has 2 aromatic carbocycles. The number of piperazine rings is 1. The Hall–Kier alpha value is -1.93. The molecule has 1 N–H and O–H groups in total. The van der Waals surface area contributed by atoms with E-state index in [2.05, 4.69) is 5.32 Å². The van der Waals surface area contributed by atoms with Crippen LogP contribution in [0, 0.1) is 13.8 Å². The fourth-order valence-electron chi connectivity index (χ4n) is 3.30. The molecule has 1 fully saturated rings. The van der Waals surface area contributed by atoms with Crippen LogP contribution in [0.3, 0.4) is 0 Å². The van der Waals surface area contributed by atoms with Crippen LogP contribution in [0.2, 0.25) is 5.02 Å². The highest BCUT2D eigenvalue weighted by Gasteiger charge is 2.32. The van der Waals surface area contributed by atoms with E-state index in [9.17, 15) is 13.2 Å².